The maximum Gasteiger partial charge on any atom is 0.315 e. The summed E-state index contributed by atoms with van der Waals surface area (Å²) in [5.41, 5.74) is 0. The van der Waals surface area contributed by atoms with E-state index in [1.165, 1.54) is 12.8 Å². The van der Waals surface area contributed by atoms with Crippen molar-refractivity contribution in [1.82, 2.24) is 10.6 Å². The summed E-state index contributed by atoms with van der Waals surface area (Å²) in [6.07, 6.45) is 7.69. The van der Waals surface area contributed by atoms with E-state index in [1.54, 1.807) is 18.9 Å². The third-order valence-corrected chi connectivity index (χ3v) is 4.10. The van der Waals surface area contributed by atoms with Crippen molar-refractivity contribution in [2.45, 2.75) is 57.2 Å². The van der Waals surface area contributed by atoms with Crippen molar-refractivity contribution >= 4 is 17.8 Å². The van der Waals surface area contributed by atoms with Crippen LogP contribution in [0.5, 0.6) is 0 Å². The Morgan fingerprint density at radius 2 is 2.17 bits per heavy atom. The number of hydrogen-bond acceptors (Lipinski definition) is 3. The van der Waals surface area contributed by atoms with Gasteiger partial charge >= 0.3 is 6.03 Å². The predicted octanol–water partition coefficient (Wildman–Crippen LogP) is 2.38. The van der Waals surface area contributed by atoms with Crippen molar-refractivity contribution < 1.29 is 9.53 Å². The van der Waals surface area contributed by atoms with Gasteiger partial charge in [0, 0.05) is 13.2 Å². The molecular formula is C13H26N2O2S. The summed E-state index contributed by atoms with van der Waals surface area (Å²) in [7, 11) is 1.73. The molecule has 1 saturated carbocycles. The van der Waals surface area contributed by atoms with Gasteiger partial charge < -0.3 is 15.4 Å². The summed E-state index contributed by atoms with van der Waals surface area (Å²) in [4.78, 5) is 11.9. The monoisotopic (exact) mass is 274 g/mol. The second-order valence-electron chi connectivity index (χ2n) is 4.97. The molecule has 1 fully saturated rings. The van der Waals surface area contributed by atoms with Crippen molar-refractivity contribution in [3.05, 3.63) is 0 Å². The van der Waals surface area contributed by atoms with Gasteiger partial charge in [0.25, 0.3) is 0 Å². The molecule has 1 aliphatic carbocycles. The van der Waals surface area contributed by atoms with Gasteiger partial charge in [-0.25, -0.2) is 4.79 Å². The Balaban J connectivity index is 2.29. The number of urea groups is 1. The SMILES string of the molecule is CO[C@@H]1CCCC[C@H]1NC(=O)N[C@H](C)CCSC. The van der Waals surface area contributed by atoms with E-state index in [0.29, 0.717) is 0 Å². The van der Waals surface area contributed by atoms with Crippen LogP contribution in [0.3, 0.4) is 0 Å². The Hall–Kier alpha value is -0.420. The molecule has 3 atom stereocenters. The van der Waals surface area contributed by atoms with Crippen molar-refractivity contribution in [1.29, 1.82) is 0 Å². The highest BCUT2D eigenvalue weighted by Crippen LogP contribution is 2.20. The Labute approximate surface area is 115 Å². The molecule has 2 amide bonds. The molecule has 1 rings (SSSR count). The fourth-order valence-corrected chi connectivity index (χ4v) is 2.93. The van der Waals surface area contributed by atoms with E-state index in [2.05, 4.69) is 16.9 Å². The smallest absolute Gasteiger partial charge is 0.315 e. The molecule has 0 aromatic heterocycles. The fraction of sp³-hybridized carbons (Fsp3) is 0.923. The number of rotatable bonds is 6. The Bertz CT molecular complexity index is 251. The molecule has 2 N–H and O–H groups in total. The van der Waals surface area contributed by atoms with Gasteiger partial charge in [0.05, 0.1) is 12.1 Å². The topological polar surface area (TPSA) is 50.4 Å². The van der Waals surface area contributed by atoms with E-state index in [1.807, 2.05) is 6.92 Å². The zero-order chi connectivity index (χ0) is 13.4. The molecule has 1 aliphatic rings. The molecule has 0 heterocycles. The van der Waals surface area contributed by atoms with Crippen molar-refractivity contribution in [2.24, 2.45) is 0 Å². The van der Waals surface area contributed by atoms with Crippen LogP contribution in [0, 0.1) is 0 Å². The molecule has 0 aromatic rings. The molecule has 106 valence electrons. The summed E-state index contributed by atoms with van der Waals surface area (Å²) in [5.74, 6) is 1.07. The van der Waals surface area contributed by atoms with E-state index in [4.69, 9.17) is 4.74 Å². The molecule has 0 aromatic carbocycles. The zero-order valence-corrected chi connectivity index (χ0v) is 12.5. The van der Waals surface area contributed by atoms with E-state index in [9.17, 15) is 4.79 Å². The van der Waals surface area contributed by atoms with Crippen LogP contribution in [0.1, 0.15) is 39.0 Å². The highest BCUT2D eigenvalue weighted by molar-refractivity contribution is 7.98. The van der Waals surface area contributed by atoms with E-state index >= 15 is 0 Å². The number of hydrogen-bond donors (Lipinski definition) is 2. The van der Waals surface area contributed by atoms with E-state index in [0.717, 1.165) is 25.0 Å². The molecule has 5 heteroatoms. The van der Waals surface area contributed by atoms with Crippen LogP contribution in [0.2, 0.25) is 0 Å². The van der Waals surface area contributed by atoms with Crippen LogP contribution in [0.4, 0.5) is 4.79 Å². The van der Waals surface area contributed by atoms with Gasteiger partial charge in [-0.05, 0) is 38.2 Å². The summed E-state index contributed by atoms with van der Waals surface area (Å²) < 4.78 is 5.43. The summed E-state index contributed by atoms with van der Waals surface area (Å²) in [6.45, 7) is 2.05. The van der Waals surface area contributed by atoms with Crippen LogP contribution >= 0.6 is 11.8 Å². The first-order valence-corrected chi connectivity index (χ1v) is 8.15. The lowest BCUT2D eigenvalue weighted by atomic mass is 9.92. The third-order valence-electron chi connectivity index (χ3n) is 3.45. The number of ether oxygens (including phenoxy) is 1. The number of amides is 2. The van der Waals surface area contributed by atoms with E-state index in [-0.39, 0.29) is 24.2 Å². The quantitative estimate of drug-likeness (QED) is 0.782. The second-order valence-corrected chi connectivity index (χ2v) is 5.95. The van der Waals surface area contributed by atoms with Crippen LogP contribution in [-0.4, -0.2) is 43.3 Å². The van der Waals surface area contributed by atoms with Crippen LogP contribution in [0.25, 0.3) is 0 Å². The number of methoxy groups -OCH3 is 1. The average molecular weight is 274 g/mol. The lowest BCUT2D eigenvalue weighted by molar-refractivity contribution is 0.0451. The first kappa shape index (κ1) is 15.6. The summed E-state index contributed by atoms with van der Waals surface area (Å²) >= 11 is 1.81. The summed E-state index contributed by atoms with van der Waals surface area (Å²) in [6, 6.07) is 0.330. The van der Waals surface area contributed by atoms with Crippen LogP contribution in [0.15, 0.2) is 0 Å². The minimum Gasteiger partial charge on any atom is -0.379 e. The lowest BCUT2D eigenvalue weighted by Gasteiger charge is -2.31. The Kier molecular flexibility index (Phi) is 7.51. The van der Waals surface area contributed by atoms with Gasteiger partial charge in [0.1, 0.15) is 0 Å². The first-order valence-electron chi connectivity index (χ1n) is 6.76. The van der Waals surface area contributed by atoms with Gasteiger partial charge in [0.2, 0.25) is 0 Å². The Morgan fingerprint density at radius 1 is 1.44 bits per heavy atom. The Morgan fingerprint density at radius 3 is 2.83 bits per heavy atom. The molecule has 0 radical (unpaired) electrons. The lowest BCUT2D eigenvalue weighted by Crippen LogP contribution is -2.51. The first-order chi connectivity index (χ1) is 8.67. The molecule has 18 heavy (non-hydrogen) atoms. The maximum absolute atomic E-state index is 11.9. The molecule has 4 nitrogen and oxygen atoms in total. The van der Waals surface area contributed by atoms with E-state index < -0.39 is 0 Å². The van der Waals surface area contributed by atoms with Gasteiger partial charge in [-0.15, -0.1) is 0 Å². The zero-order valence-electron chi connectivity index (χ0n) is 11.7. The minimum absolute atomic E-state index is 0.0578. The fourth-order valence-electron chi connectivity index (χ4n) is 2.34. The number of thioether (sulfide) groups is 1. The standard InChI is InChI=1S/C13H26N2O2S/c1-10(8-9-18-3)14-13(16)15-11-6-4-5-7-12(11)17-2/h10-12H,4-9H2,1-3H3,(H2,14,15,16)/t10-,11-,12-/m1/s1. The predicted molar refractivity (Wildman–Crippen MR) is 77.2 cm³/mol. The van der Waals surface area contributed by atoms with Crippen molar-refractivity contribution in [3.8, 4) is 0 Å². The van der Waals surface area contributed by atoms with Crippen LogP contribution < -0.4 is 10.6 Å². The van der Waals surface area contributed by atoms with Crippen LogP contribution in [-0.2, 0) is 4.74 Å². The van der Waals surface area contributed by atoms with Crippen molar-refractivity contribution in [3.63, 3.8) is 0 Å². The number of carbonyl (C=O) groups excluding carboxylic acids is 1. The van der Waals surface area contributed by atoms with Gasteiger partial charge in [-0.1, -0.05) is 12.8 Å². The molecule has 0 aliphatic heterocycles. The van der Waals surface area contributed by atoms with Gasteiger partial charge in [0.15, 0.2) is 0 Å². The molecule has 0 spiro atoms. The second kappa shape index (κ2) is 8.64. The molecule has 0 unspecified atom stereocenters. The summed E-state index contributed by atoms with van der Waals surface area (Å²) in [5, 5.41) is 6.03. The third kappa shape index (κ3) is 5.48. The largest absolute Gasteiger partial charge is 0.379 e. The number of nitrogens with one attached hydrogen (secondary N) is 2. The molecule has 0 saturated heterocycles. The van der Waals surface area contributed by atoms with Crippen molar-refractivity contribution in [2.75, 3.05) is 19.1 Å². The number of carbonyl (C=O) groups is 1. The minimum atomic E-state index is -0.0578. The normalized spacial score (nSPS) is 25.5. The van der Waals surface area contributed by atoms with Gasteiger partial charge in [-0.2, -0.15) is 11.8 Å². The average Bonchev–Trinajstić information content (AvgIpc) is 2.36. The molecular weight excluding hydrogens is 248 g/mol. The highest BCUT2D eigenvalue weighted by Gasteiger charge is 2.26. The maximum atomic E-state index is 11.9. The molecule has 0 bridgehead atoms. The highest BCUT2D eigenvalue weighted by atomic mass is 32.2. The van der Waals surface area contributed by atoms with Gasteiger partial charge in [-0.3, -0.25) is 0 Å².